The summed E-state index contributed by atoms with van der Waals surface area (Å²) in [4.78, 5) is 11.1. The van der Waals surface area contributed by atoms with Gasteiger partial charge in [0.2, 0.25) is 0 Å². The van der Waals surface area contributed by atoms with Gasteiger partial charge < -0.3 is 5.32 Å². The van der Waals surface area contributed by atoms with Gasteiger partial charge in [0.25, 0.3) is 0 Å². The van der Waals surface area contributed by atoms with Crippen molar-refractivity contribution in [3.05, 3.63) is 12.0 Å². The predicted octanol–water partition coefficient (Wildman–Crippen LogP) is 1.14. The standard InChI is InChI=1S/C13H19N7/c1-9(5-6-14)19(3)8-11-17-12(15-2)10-7-16-20(4)13(10)18-11/h7,9H,5,8H2,1-4H3,(H,15,17,18). The minimum absolute atomic E-state index is 0.170. The van der Waals surface area contributed by atoms with Crippen LogP contribution in [-0.4, -0.2) is 44.8 Å². The molecule has 7 heteroatoms. The van der Waals surface area contributed by atoms with E-state index in [1.807, 2.05) is 28.1 Å². The quantitative estimate of drug-likeness (QED) is 0.879. The average molecular weight is 273 g/mol. The highest BCUT2D eigenvalue weighted by atomic mass is 15.3. The predicted molar refractivity (Wildman–Crippen MR) is 77.0 cm³/mol. The lowest BCUT2D eigenvalue weighted by molar-refractivity contribution is 0.246. The Morgan fingerprint density at radius 3 is 2.90 bits per heavy atom. The Morgan fingerprint density at radius 1 is 1.50 bits per heavy atom. The Kier molecular flexibility index (Phi) is 4.15. The van der Waals surface area contributed by atoms with Crippen molar-refractivity contribution in [2.45, 2.75) is 25.9 Å². The summed E-state index contributed by atoms with van der Waals surface area (Å²) in [5.41, 5.74) is 0.806. The van der Waals surface area contributed by atoms with Gasteiger partial charge in [-0.15, -0.1) is 0 Å². The number of aryl methyl sites for hydroxylation is 1. The van der Waals surface area contributed by atoms with Gasteiger partial charge in [0, 0.05) is 20.1 Å². The number of nitriles is 1. The van der Waals surface area contributed by atoms with Crippen LogP contribution in [0.3, 0.4) is 0 Å². The van der Waals surface area contributed by atoms with Crippen LogP contribution >= 0.6 is 0 Å². The van der Waals surface area contributed by atoms with Crippen molar-refractivity contribution in [2.24, 2.45) is 7.05 Å². The molecule has 0 amide bonds. The number of anilines is 1. The second kappa shape index (κ2) is 5.84. The first-order valence-corrected chi connectivity index (χ1v) is 6.50. The summed E-state index contributed by atoms with van der Waals surface area (Å²) < 4.78 is 1.74. The molecule has 0 saturated carbocycles. The molecule has 0 fully saturated rings. The highest BCUT2D eigenvalue weighted by Gasteiger charge is 2.14. The Bertz CT molecular complexity index is 640. The van der Waals surface area contributed by atoms with Gasteiger partial charge in [-0.25, -0.2) is 9.97 Å². The number of hydrogen-bond donors (Lipinski definition) is 1. The maximum atomic E-state index is 8.75. The zero-order valence-electron chi connectivity index (χ0n) is 12.3. The SMILES string of the molecule is CNc1nc(CN(C)C(C)CC#N)nc2c1cnn2C. The van der Waals surface area contributed by atoms with E-state index in [-0.39, 0.29) is 6.04 Å². The molecule has 2 aromatic heterocycles. The maximum absolute atomic E-state index is 8.75. The molecule has 0 aromatic carbocycles. The molecule has 1 atom stereocenters. The second-order valence-electron chi connectivity index (χ2n) is 4.87. The molecule has 0 saturated heterocycles. The van der Waals surface area contributed by atoms with Crippen molar-refractivity contribution < 1.29 is 0 Å². The second-order valence-corrected chi connectivity index (χ2v) is 4.87. The lowest BCUT2D eigenvalue weighted by atomic mass is 10.2. The molecule has 0 radical (unpaired) electrons. The van der Waals surface area contributed by atoms with Crippen molar-refractivity contribution >= 4 is 16.9 Å². The summed E-state index contributed by atoms with van der Waals surface area (Å²) >= 11 is 0. The molecule has 7 nitrogen and oxygen atoms in total. The van der Waals surface area contributed by atoms with Gasteiger partial charge in [-0.2, -0.15) is 10.4 Å². The first-order valence-electron chi connectivity index (χ1n) is 6.50. The van der Waals surface area contributed by atoms with Crippen LogP contribution in [0.25, 0.3) is 11.0 Å². The van der Waals surface area contributed by atoms with Crippen LogP contribution in [0.1, 0.15) is 19.2 Å². The van der Waals surface area contributed by atoms with Crippen molar-refractivity contribution in [1.82, 2.24) is 24.6 Å². The van der Waals surface area contributed by atoms with Crippen LogP contribution in [0.2, 0.25) is 0 Å². The molecule has 0 aliphatic heterocycles. The highest BCUT2D eigenvalue weighted by Crippen LogP contribution is 2.19. The van der Waals surface area contributed by atoms with Crippen molar-refractivity contribution in [3.63, 3.8) is 0 Å². The van der Waals surface area contributed by atoms with Crippen LogP contribution in [-0.2, 0) is 13.6 Å². The molecule has 1 unspecified atom stereocenters. The summed E-state index contributed by atoms with van der Waals surface area (Å²) in [6.07, 6.45) is 2.25. The van der Waals surface area contributed by atoms with Crippen molar-refractivity contribution in [3.8, 4) is 6.07 Å². The fourth-order valence-electron chi connectivity index (χ4n) is 2.00. The van der Waals surface area contributed by atoms with E-state index in [4.69, 9.17) is 5.26 Å². The third kappa shape index (κ3) is 2.70. The molecule has 0 spiro atoms. The van der Waals surface area contributed by atoms with Crippen LogP contribution in [0.15, 0.2) is 6.20 Å². The van der Waals surface area contributed by atoms with Crippen LogP contribution in [0, 0.1) is 11.3 Å². The monoisotopic (exact) mass is 273 g/mol. The zero-order chi connectivity index (χ0) is 14.7. The summed E-state index contributed by atoms with van der Waals surface area (Å²) in [7, 11) is 5.67. The Morgan fingerprint density at radius 2 is 2.25 bits per heavy atom. The lowest BCUT2D eigenvalue weighted by Crippen LogP contribution is -2.29. The number of aromatic nitrogens is 4. The van der Waals surface area contributed by atoms with Crippen molar-refractivity contribution in [1.29, 1.82) is 5.26 Å². The molecule has 2 aromatic rings. The first kappa shape index (κ1) is 14.2. The number of nitrogens with one attached hydrogen (secondary N) is 1. The molecule has 20 heavy (non-hydrogen) atoms. The third-order valence-corrected chi connectivity index (χ3v) is 3.41. The van der Waals surface area contributed by atoms with E-state index < -0.39 is 0 Å². The molecular formula is C13H19N7. The fourth-order valence-corrected chi connectivity index (χ4v) is 2.00. The normalized spacial score (nSPS) is 12.6. The van der Waals surface area contributed by atoms with Gasteiger partial charge in [-0.3, -0.25) is 9.58 Å². The molecule has 1 N–H and O–H groups in total. The lowest BCUT2D eigenvalue weighted by Gasteiger charge is -2.21. The molecule has 0 bridgehead atoms. The van der Waals surface area contributed by atoms with Crippen molar-refractivity contribution in [2.75, 3.05) is 19.4 Å². The minimum atomic E-state index is 0.170. The number of fused-ring (bicyclic) bond motifs is 1. The van der Waals surface area contributed by atoms with E-state index >= 15 is 0 Å². The van der Waals surface area contributed by atoms with E-state index in [2.05, 4.69) is 31.4 Å². The maximum Gasteiger partial charge on any atom is 0.163 e. The average Bonchev–Trinajstić information content (AvgIpc) is 2.80. The van der Waals surface area contributed by atoms with E-state index in [1.165, 1.54) is 0 Å². The van der Waals surface area contributed by atoms with Gasteiger partial charge in [-0.1, -0.05) is 0 Å². The van der Waals surface area contributed by atoms with Gasteiger partial charge >= 0.3 is 0 Å². The van der Waals surface area contributed by atoms with Crippen LogP contribution < -0.4 is 5.32 Å². The molecule has 0 aliphatic rings. The third-order valence-electron chi connectivity index (χ3n) is 3.41. The molecule has 2 heterocycles. The summed E-state index contributed by atoms with van der Waals surface area (Å²) in [6, 6.07) is 2.35. The highest BCUT2D eigenvalue weighted by molar-refractivity contribution is 5.86. The topological polar surface area (TPSA) is 82.7 Å². The smallest absolute Gasteiger partial charge is 0.163 e. The van der Waals surface area contributed by atoms with E-state index in [1.54, 1.807) is 10.9 Å². The van der Waals surface area contributed by atoms with Gasteiger partial charge in [0.1, 0.15) is 11.6 Å². The Balaban J connectivity index is 2.31. The zero-order valence-corrected chi connectivity index (χ0v) is 12.3. The fraction of sp³-hybridized carbons (Fsp3) is 0.538. The summed E-state index contributed by atoms with van der Waals surface area (Å²) in [5.74, 6) is 1.50. The van der Waals surface area contributed by atoms with Crippen LogP contribution in [0.4, 0.5) is 5.82 Å². The molecule has 106 valence electrons. The first-order chi connectivity index (χ1) is 9.56. The number of rotatable bonds is 5. The summed E-state index contributed by atoms with van der Waals surface area (Å²) in [5, 5.41) is 16.9. The molecular weight excluding hydrogens is 254 g/mol. The minimum Gasteiger partial charge on any atom is -0.372 e. The Labute approximate surface area is 118 Å². The molecule has 2 rings (SSSR count). The van der Waals surface area contributed by atoms with Gasteiger partial charge in [0.05, 0.1) is 30.6 Å². The Hall–Kier alpha value is -2.20. The number of hydrogen-bond acceptors (Lipinski definition) is 6. The van der Waals surface area contributed by atoms with E-state index in [9.17, 15) is 0 Å². The van der Waals surface area contributed by atoms with Gasteiger partial charge in [0.15, 0.2) is 5.65 Å². The number of nitrogens with zero attached hydrogens (tertiary/aromatic N) is 6. The largest absolute Gasteiger partial charge is 0.372 e. The van der Waals surface area contributed by atoms with Crippen LogP contribution in [0.5, 0.6) is 0 Å². The molecule has 0 aliphatic carbocycles. The van der Waals surface area contributed by atoms with E-state index in [0.29, 0.717) is 13.0 Å². The van der Waals surface area contributed by atoms with Gasteiger partial charge in [-0.05, 0) is 14.0 Å². The van der Waals surface area contributed by atoms with E-state index in [0.717, 1.165) is 22.7 Å². The summed E-state index contributed by atoms with van der Waals surface area (Å²) in [6.45, 7) is 2.61.